The van der Waals surface area contributed by atoms with Gasteiger partial charge in [0, 0.05) is 12.4 Å². The minimum atomic E-state index is -1.02. The van der Waals surface area contributed by atoms with E-state index in [0.717, 1.165) is 5.56 Å². The zero-order valence-corrected chi connectivity index (χ0v) is 13.6. The highest BCUT2D eigenvalue weighted by molar-refractivity contribution is 6.03. The Morgan fingerprint density at radius 2 is 1.80 bits per heavy atom. The second kappa shape index (κ2) is 7.00. The van der Waals surface area contributed by atoms with Crippen LogP contribution in [0.5, 0.6) is 0 Å². The molecule has 0 saturated carbocycles. The third kappa shape index (κ3) is 4.31. The van der Waals surface area contributed by atoms with Gasteiger partial charge in [0.15, 0.2) is 0 Å². The van der Waals surface area contributed by atoms with Crippen molar-refractivity contribution < 1.29 is 14.7 Å². The van der Waals surface area contributed by atoms with Crippen molar-refractivity contribution in [2.75, 3.05) is 5.32 Å². The molecular formula is C17H17N5O3. The number of hydrogen-bond acceptors (Lipinski definition) is 4. The molecule has 128 valence electrons. The lowest BCUT2D eigenvalue weighted by Crippen LogP contribution is -2.11. The Balaban J connectivity index is 1.62. The van der Waals surface area contributed by atoms with Crippen LogP contribution < -0.4 is 5.32 Å². The maximum Gasteiger partial charge on any atom is 0.325 e. The highest BCUT2D eigenvalue weighted by Gasteiger charge is 2.11. The smallest absolute Gasteiger partial charge is 0.325 e. The van der Waals surface area contributed by atoms with Crippen LogP contribution in [0.4, 0.5) is 5.69 Å². The van der Waals surface area contributed by atoms with Crippen LogP contribution >= 0.6 is 0 Å². The van der Waals surface area contributed by atoms with E-state index in [1.54, 1.807) is 17.1 Å². The number of nitrogens with zero attached hydrogens (tertiary/aromatic N) is 4. The first-order valence-electron chi connectivity index (χ1n) is 7.63. The van der Waals surface area contributed by atoms with E-state index in [1.807, 2.05) is 31.2 Å². The van der Waals surface area contributed by atoms with Gasteiger partial charge in [-0.15, -0.1) is 0 Å². The van der Waals surface area contributed by atoms with Crippen molar-refractivity contribution in [3.05, 3.63) is 65.7 Å². The standard InChI is InChI=1S/C17H17N5O3/c1-12-2-4-13(5-3-12)8-21-10-15(7-19-21)20-17(25)14-6-18-22(9-14)11-16(23)24/h2-7,9-10H,8,11H2,1H3,(H,20,25)(H,23,24). The second-order valence-corrected chi connectivity index (χ2v) is 5.69. The lowest BCUT2D eigenvalue weighted by atomic mass is 10.1. The summed E-state index contributed by atoms with van der Waals surface area (Å²) >= 11 is 0. The van der Waals surface area contributed by atoms with Crippen molar-refractivity contribution in [1.82, 2.24) is 19.6 Å². The highest BCUT2D eigenvalue weighted by Crippen LogP contribution is 2.11. The van der Waals surface area contributed by atoms with E-state index < -0.39 is 5.97 Å². The normalized spacial score (nSPS) is 10.6. The molecule has 0 atom stereocenters. The highest BCUT2D eigenvalue weighted by atomic mass is 16.4. The van der Waals surface area contributed by atoms with Gasteiger partial charge in [0.25, 0.3) is 5.91 Å². The summed E-state index contributed by atoms with van der Waals surface area (Å²) in [5, 5.41) is 19.5. The Hall–Kier alpha value is -3.42. The molecule has 0 aliphatic rings. The van der Waals surface area contributed by atoms with Crippen molar-refractivity contribution in [2.45, 2.75) is 20.0 Å². The Morgan fingerprint density at radius 3 is 2.52 bits per heavy atom. The molecular weight excluding hydrogens is 322 g/mol. The van der Waals surface area contributed by atoms with Gasteiger partial charge in [-0.05, 0) is 12.5 Å². The molecule has 1 aromatic carbocycles. The van der Waals surface area contributed by atoms with E-state index >= 15 is 0 Å². The average molecular weight is 339 g/mol. The molecule has 0 aliphatic heterocycles. The fraction of sp³-hybridized carbons (Fsp3) is 0.176. The third-order valence-corrected chi connectivity index (χ3v) is 3.55. The summed E-state index contributed by atoms with van der Waals surface area (Å²) in [5.74, 6) is -1.39. The predicted octanol–water partition coefficient (Wildman–Crippen LogP) is 1.77. The minimum absolute atomic E-state index is 0.285. The van der Waals surface area contributed by atoms with Crippen molar-refractivity contribution in [3.8, 4) is 0 Å². The largest absolute Gasteiger partial charge is 0.480 e. The van der Waals surface area contributed by atoms with E-state index in [4.69, 9.17) is 5.11 Å². The average Bonchev–Trinajstić information content (AvgIpc) is 3.19. The molecule has 2 heterocycles. The Morgan fingerprint density at radius 1 is 1.08 bits per heavy atom. The molecule has 8 heteroatoms. The van der Waals surface area contributed by atoms with Crippen LogP contribution in [-0.2, 0) is 17.9 Å². The number of aromatic nitrogens is 4. The first-order valence-corrected chi connectivity index (χ1v) is 7.63. The first kappa shape index (κ1) is 16.4. The number of aryl methyl sites for hydroxylation is 1. The summed E-state index contributed by atoms with van der Waals surface area (Å²) in [6.07, 6.45) is 6.02. The van der Waals surface area contributed by atoms with Gasteiger partial charge in [-0.2, -0.15) is 10.2 Å². The predicted molar refractivity (Wildman–Crippen MR) is 90.3 cm³/mol. The van der Waals surface area contributed by atoms with Gasteiger partial charge in [0.05, 0.1) is 30.2 Å². The molecule has 3 aromatic rings. The second-order valence-electron chi connectivity index (χ2n) is 5.69. The van der Waals surface area contributed by atoms with E-state index in [1.165, 1.54) is 22.6 Å². The summed E-state index contributed by atoms with van der Waals surface area (Å²) < 4.78 is 2.92. The molecule has 0 saturated heterocycles. The lowest BCUT2D eigenvalue weighted by molar-refractivity contribution is -0.137. The fourth-order valence-electron chi connectivity index (χ4n) is 2.30. The van der Waals surface area contributed by atoms with Crippen LogP contribution in [0.1, 0.15) is 21.5 Å². The molecule has 0 spiro atoms. The molecule has 0 bridgehead atoms. The third-order valence-electron chi connectivity index (χ3n) is 3.55. The molecule has 1 amide bonds. The summed E-state index contributed by atoms with van der Waals surface area (Å²) in [7, 11) is 0. The van der Waals surface area contributed by atoms with Crippen LogP contribution in [0, 0.1) is 6.92 Å². The quantitative estimate of drug-likeness (QED) is 0.712. The molecule has 0 unspecified atom stereocenters. The van der Waals surface area contributed by atoms with Gasteiger partial charge in [0.2, 0.25) is 0 Å². The summed E-state index contributed by atoms with van der Waals surface area (Å²) in [4.78, 5) is 22.8. The molecule has 2 N–H and O–H groups in total. The number of aliphatic carboxylic acids is 1. The minimum Gasteiger partial charge on any atom is -0.480 e. The molecule has 0 aliphatic carbocycles. The Labute approximate surface area is 143 Å². The monoisotopic (exact) mass is 339 g/mol. The fourth-order valence-corrected chi connectivity index (χ4v) is 2.30. The molecule has 8 nitrogen and oxygen atoms in total. The molecule has 3 rings (SSSR count). The van der Waals surface area contributed by atoms with Crippen LogP contribution in [0.2, 0.25) is 0 Å². The van der Waals surface area contributed by atoms with Crippen molar-refractivity contribution in [1.29, 1.82) is 0 Å². The first-order chi connectivity index (χ1) is 12.0. The number of anilines is 1. The maximum absolute atomic E-state index is 12.2. The lowest BCUT2D eigenvalue weighted by Gasteiger charge is -2.02. The van der Waals surface area contributed by atoms with Crippen LogP contribution in [0.15, 0.2) is 49.1 Å². The van der Waals surface area contributed by atoms with Gasteiger partial charge >= 0.3 is 5.97 Å². The number of hydrogen-bond donors (Lipinski definition) is 2. The number of benzene rings is 1. The summed E-state index contributed by atoms with van der Waals surface area (Å²) in [6.45, 7) is 2.35. The van der Waals surface area contributed by atoms with Crippen molar-refractivity contribution in [3.63, 3.8) is 0 Å². The van der Waals surface area contributed by atoms with Gasteiger partial charge < -0.3 is 10.4 Å². The van der Waals surface area contributed by atoms with Crippen LogP contribution in [-0.4, -0.2) is 36.5 Å². The maximum atomic E-state index is 12.2. The van der Waals surface area contributed by atoms with Gasteiger partial charge in [-0.3, -0.25) is 19.0 Å². The Bertz CT molecular complexity index is 895. The molecule has 0 radical (unpaired) electrons. The molecule has 2 aromatic heterocycles. The summed E-state index contributed by atoms with van der Waals surface area (Å²) in [6, 6.07) is 8.14. The van der Waals surface area contributed by atoms with E-state index in [2.05, 4.69) is 15.5 Å². The number of carboxylic acid groups (broad SMARTS) is 1. The SMILES string of the molecule is Cc1ccc(Cn2cc(NC(=O)c3cnn(CC(=O)O)c3)cn2)cc1. The number of rotatable bonds is 6. The number of carboxylic acids is 1. The van der Waals surface area contributed by atoms with Crippen molar-refractivity contribution >= 4 is 17.6 Å². The Kier molecular flexibility index (Phi) is 4.60. The van der Waals surface area contributed by atoms with E-state index in [0.29, 0.717) is 12.2 Å². The number of amides is 1. The molecule has 0 fully saturated rings. The number of carbonyl (C=O) groups excluding carboxylic acids is 1. The van der Waals surface area contributed by atoms with Crippen LogP contribution in [0.25, 0.3) is 0 Å². The van der Waals surface area contributed by atoms with Gasteiger partial charge in [-0.25, -0.2) is 0 Å². The zero-order valence-electron chi connectivity index (χ0n) is 13.6. The number of nitrogens with one attached hydrogen (secondary N) is 1. The van der Waals surface area contributed by atoms with E-state index in [9.17, 15) is 9.59 Å². The van der Waals surface area contributed by atoms with Gasteiger partial charge in [0.1, 0.15) is 6.54 Å². The summed E-state index contributed by atoms with van der Waals surface area (Å²) in [5.41, 5.74) is 3.15. The van der Waals surface area contributed by atoms with Gasteiger partial charge in [-0.1, -0.05) is 29.8 Å². The zero-order chi connectivity index (χ0) is 17.8. The number of carbonyl (C=O) groups is 2. The molecule has 25 heavy (non-hydrogen) atoms. The van der Waals surface area contributed by atoms with Crippen molar-refractivity contribution in [2.24, 2.45) is 0 Å². The van der Waals surface area contributed by atoms with Crippen LogP contribution in [0.3, 0.4) is 0 Å². The topological polar surface area (TPSA) is 102 Å². The van der Waals surface area contributed by atoms with E-state index in [-0.39, 0.29) is 18.0 Å².